The number of benzene rings is 1. The van der Waals surface area contributed by atoms with Crippen molar-refractivity contribution in [3.63, 3.8) is 0 Å². The molecule has 2 atom stereocenters. The second-order valence-electron chi connectivity index (χ2n) is 4.95. The summed E-state index contributed by atoms with van der Waals surface area (Å²) in [5.74, 6) is 0.606. The first-order chi connectivity index (χ1) is 9.17. The highest BCUT2D eigenvalue weighted by atomic mass is 16.5. The fourth-order valence-corrected chi connectivity index (χ4v) is 2.73. The number of carbonyl (C=O) groups is 1. The highest BCUT2D eigenvalue weighted by Crippen LogP contribution is 2.40. The van der Waals surface area contributed by atoms with Gasteiger partial charge >= 0.3 is 5.97 Å². The number of hydrogen-bond donors (Lipinski definition) is 0. The molecule has 1 aliphatic carbocycles. The highest BCUT2D eigenvalue weighted by molar-refractivity contribution is 5.74. The minimum Gasteiger partial charge on any atom is -0.496 e. The third kappa shape index (κ3) is 2.80. The van der Waals surface area contributed by atoms with Gasteiger partial charge < -0.3 is 9.47 Å². The van der Waals surface area contributed by atoms with Gasteiger partial charge in [0.2, 0.25) is 0 Å². The summed E-state index contributed by atoms with van der Waals surface area (Å²) in [6.07, 6.45) is 3.95. The summed E-state index contributed by atoms with van der Waals surface area (Å²) in [6, 6.07) is 7.87. The number of carbonyl (C=O) groups excluding carboxylic acids is 1. The maximum absolute atomic E-state index is 12.0. The molecule has 3 nitrogen and oxygen atoms in total. The van der Waals surface area contributed by atoms with E-state index < -0.39 is 0 Å². The smallest absolute Gasteiger partial charge is 0.309 e. The zero-order valence-corrected chi connectivity index (χ0v) is 11.7. The van der Waals surface area contributed by atoms with Crippen LogP contribution in [0.1, 0.15) is 31.2 Å². The van der Waals surface area contributed by atoms with E-state index in [0.29, 0.717) is 0 Å². The summed E-state index contributed by atoms with van der Waals surface area (Å²) in [5, 5.41) is 0. The average Bonchev–Trinajstić information content (AvgIpc) is 2.46. The predicted molar refractivity (Wildman–Crippen MR) is 74.2 cm³/mol. The van der Waals surface area contributed by atoms with Gasteiger partial charge in [-0.15, -0.1) is 0 Å². The standard InChI is InChI=1S/C16H20O3/c1-11-8-9-13(16(17)19-3)14(10-11)12-6-4-5-7-15(12)18-2/h4-7,10,13-14H,8-9H2,1-3H3/t13-,14-/m0/s1. The second-order valence-corrected chi connectivity index (χ2v) is 4.95. The Morgan fingerprint density at radius 3 is 2.68 bits per heavy atom. The molecule has 3 heteroatoms. The first-order valence-corrected chi connectivity index (χ1v) is 6.55. The van der Waals surface area contributed by atoms with Crippen molar-refractivity contribution in [1.82, 2.24) is 0 Å². The van der Waals surface area contributed by atoms with E-state index >= 15 is 0 Å². The van der Waals surface area contributed by atoms with E-state index in [1.165, 1.54) is 12.7 Å². The largest absolute Gasteiger partial charge is 0.496 e. The van der Waals surface area contributed by atoms with Crippen molar-refractivity contribution in [3.05, 3.63) is 41.5 Å². The van der Waals surface area contributed by atoms with E-state index in [1.807, 2.05) is 24.3 Å². The fourth-order valence-electron chi connectivity index (χ4n) is 2.73. The van der Waals surface area contributed by atoms with E-state index in [4.69, 9.17) is 9.47 Å². The number of hydrogen-bond acceptors (Lipinski definition) is 3. The van der Waals surface area contributed by atoms with Gasteiger partial charge in [-0.2, -0.15) is 0 Å². The van der Waals surface area contributed by atoms with E-state index in [-0.39, 0.29) is 17.8 Å². The van der Waals surface area contributed by atoms with Gasteiger partial charge in [-0.05, 0) is 25.8 Å². The molecule has 0 aromatic heterocycles. The van der Waals surface area contributed by atoms with Gasteiger partial charge in [-0.3, -0.25) is 4.79 Å². The monoisotopic (exact) mass is 260 g/mol. The SMILES string of the molecule is COC(=O)[C@H]1CCC(C)=C[C@H]1c1ccccc1OC. The number of para-hydroxylation sites is 1. The van der Waals surface area contributed by atoms with Crippen LogP contribution in [0.3, 0.4) is 0 Å². The molecule has 0 saturated heterocycles. The molecular formula is C16H20O3. The summed E-state index contributed by atoms with van der Waals surface area (Å²) in [4.78, 5) is 12.0. The number of rotatable bonds is 3. The molecule has 0 N–H and O–H groups in total. The molecule has 0 saturated carbocycles. The maximum Gasteiger partial charge on any atom is 0.309 e. The second kappa shape index (κ2) is 5.91. The zero-order valence-electron chi connectivity index (χ0n) is 11.7. The van der Waals surface area contributed by atoms with Crippen molar-refractivity contribution in [3.8, 4) is 5.75 Å². The van der Waals surface area contributed by atoms with Crippen LogP contribution in [0.25, 0.3) is 0 Å². The van der Waals surface area contributed by atoms with Crippen LogP contribution >= 0.6 is 0 Å². The third-order valence-corrected chi connectivity index (χ3v) is 3.75. The number of ether oxygens (including phenoxy) is 2. The average molecular weight is 260 g/mol. The first-order valence-electron chi connectivity index (χ1n) is 6.55. The number of methoxy groups -OCH3 is 2. The third-order valence-electron chi connectivity index (χ3n) is 3.75. The molecule has 0 amide bonds. The van der Waals surface area contributed by atoms with Gasteiger partial charge in [0, 0.05) is 11.5 Å². The van der Waals surface area contributed by atoms with Crippen molar-refractivity contribution in [2.24, 2.45) is 5.92 Å². The van der Waals surface area contributed by atoms with Gasteiger partial charge in [-0.1, -0.05) is 29.8 Å². The molecule has 1 aromatic rings. The van der Waals surface area contributed by atoms with Gasteiger partial charge in [0.05, 0.1) is 20.1 Å². The molecule has 0 unspecified atom stereocenters. The summed E-state index contributed by atoms with van der Waals surface area (Å²) in [7, 11) is 3.11. The Morgan fingerprint density at radius 2 is 2.00 bits per heavy atom. The van der Waals surface area contributed by atoms with E-state index in [1.54, 1.807) is 7.11 Å². The van der Waals surface area contributed by atoms with Crippen molar-refractivity contribution >= 4 is 5.97 Å². The molecule has 1 aliphatic rings. The Hall–Kier alpha value is -1.77. The van der Waals surface area contributed by atoms with Crippen molar-refractivity contribution in [2.75, 3.05) is 14.2 Å². The van der Waals surface area contributed by atoms with Crippen molar-refractivity contribution in [1.29, 1.82) is 0 Å². The molecule has 0 bridgehead atoms. The van der Waals surface area contributed by atoms with Crippen molar-refractivity contribution in [2.45, 2.75) is 25.7 Å². The van der Waals surface area contributed by atoms with E-state index in [9.17, 15) is 4.79 Å². The highest BCUT2D eigenvalue weighted by Gasteiger charge is 2.33. The zero-order chi connectivity index (χ0) is 13.8. The lowest BCUT2D eigenvalue weighted by molar-refractivity contribution is -0.146. The molecule has 1 aromatic carbocycles. The molecule has 2 rings (SSSR count). The van der Waals surface area contributed by atoms with Gasteiger partial charge in [0.15, 0.2) is 0 Å². The van der Waals surface area contributed by atoms with Gasteiger partial charge in [0.1, 0.15) is 5.75 Å². The van der Waals surface area contributed by atoms with Crippen LogP contribution in [0, 0.1) is 5.92 Å². The van der Waals surface area contributed by atoms with Crippen LogP contribution in [0.15, 0.2) is 35.9 Å². The predicted octanol–water partition coefficient (Wildman–Crippen LogP) is 3.31. The van der Waals surface area contributed by atoms with Crippen LogP contribution < -0.4 is 4.74 Å². The molecule has 0 aliphatic heterocycles. The maximum atomic E-state index is 12.0. The quantitative estimate of drug-likeness (QED) is 0.618. The molecule has 0 radical (unpaired) electrons. The Labute approximate surface area is 114 Å². The first kappa shape index (κ1) is 13.7. The minimum atomic E-state index is -0.139. The summed E-state index contributed by atoms with van der Waals surface area (Å²) < 4.78 is 10.4. The van der Waals surface area contributed by atoms with E-state index in [2.05, 4.69) is 13.0 Å². The Bertz CT molecular complexity index is 491. The summed E-state index contributed by atoms with van der Waals surface area (Å²) >= 11 is 0. The Balaban J connectivity index is 2.42. The molecule has 0 heterocycles. The normalized spacial score (nSPS) is 22.6. The Kier molecular flexibility index (Phi) is 4.25. The lowest BCUT2D eigenvalue weighted by Gasteiger charge is -2.28. The lowest BCUT2D eigenvalue weighted by Crippen LogP contribution is -2.25. The summed E-state index contributed by atoms with van der Waals surface area (Å²) in [6.45, 7) is 2.11. The molecule has 0 fully saturated rings. The van der Waals surface area contributed by atoms with Crippen LogP contribution in [0.5, 0.6) is 5.75 Å². The van der Waals surface area contributed by atoms with Gasteiger partial charge in [-0.25, -0.2) is 0 Å². The number of esters is 1. The Morgan fingerprint density at radius 1 is 1.26 bits per heavy atom. The van der Waals surface area contributed by atoms with E-state index in [0.717, 1.165) is 24.2 Å². The van der Waals surface area contributed by atoms with Crippen molar-refractivity contribution < 1.29 is 14.3 Å². The van der Waals surface area contributed by atoms with Crippen LogP contribution in [0.4, 0.5) is 0 Å². The number of allylic oxidation sites excluding steroid dienone is 2. The van der Waals surface area contributed by atoms with Gasteiger partial charge in [0.25, 0.3) is 0 Å². The van der Waals surface area contributed by atoms with Crippen LogP contribution in [-0.4, -0.2) is 20.2 Å². The fraction of sp³-hybridized carbons (Fsp3) is 0.438. The minimum absolute atomic E-state index is 0.0392. The molecule has 19 heavy (non-hydrogen) atoms. The molecular weight excluding hydrogens is 240 g/mol. The van der Waals surface area contributed by atoms with Crippen LogP contribution in [0.2, 0.25) is 0 Å². The topological polar surface area (TPSA) is 35.5 Å². The molecule has 102 valence electrons. The van der Waals surface area contributed by atoms with Crippen LogP contribution in [-0.2, 0) is 9.53 Å². The summed E-state index contributed by atoms with van der Waals surface area (Å²) in [5.41, 5.74) is 2.37. The molecule has 0 spiro atoms. The lowest BCUT2D eigenvalue weighted by atomic mass is 9.77.